The van der Waals surface area contributed by atoms with Crippen LogP contribution in [-0.4, -0.2) is 16.6 Å². The predicted octanol–water partition coefficient (Wildman–Crippen LogP) is -0.0348. The van der Waals surface area contributed by atoms with Crippen molar-refractivity contribution in [3.63, 3.8) is 0 Å². The molecule has 0 atom stereocenters. The van der Waals surface area contributed by atoms with Gasteiger partial charge in [0.25, 0.3) is 0 Å². The van der Waals surface area contributed by atoms with Gasteiger partial charge in [-0.25, -0.2) is 0 Å². The topological polar surface area (TPSA) is 58.1 Å². The van der Waals surface area contributed by atoms with Gasteiger partial charge in [0.2, 0.25) is 0 Å². The quantitative estimate of drug-likeness (QED) is 0.277. The van der Waals surface area contributed by atoms with E-state index in [0.29, 0.717) is 12.3 Å². The van der Waals surface area contributed by atoms with Crippen molar-refractivity contribution >= 4 is 11.9 Å². The SMILES string of the molecule is [O-][N+]1([O-])NCCS1. The number of rotatable bonds is 0. The summed E-state index contributed by atoms with van der Waals surface area (Å²) in [5.74, 6) is 0.618. The zero-order valence-electron chi connectivity index (χ0n) is 3.59. The highest BCUT2D eigenvalue weighted by Gasteiger charge is 2.13. The highest BCUT2D eigenvalue weighted by Crippen LogP contribution is 2.19. The first-order chi connectivity index (χ1) is 3.21. The number of nitrogens with zero attached hydrogens (tertiary/aromatic N) is 1. The second-order valence-electron chi connectivity index (χ2n) is 1.24. The summed E-state index contributed by atoms with van der Waals surface area (Å²) in [6.07, 6.45) is 0. The van der Waals surface area contributed by atoms with Crippen molar-refractivity contribution in [2.45, 2.75) is 0 Å². The molecule has 1 saturated heterocycles. The van der Waals surface area contributed by atoms with Crippen LogP contribution >= 0.6 is 11.9 Å². The number of hydrogen-bond donors (Lipinski definition) is 1. The van der Waals surface area contributed by atoms with Gasteiger partial charge in [0.15, 0.2) is 0 Å². The van der Waals surface area contributed by atoms with Gasteiger partial charge in [-0.15, -0.1) is 0 Å². The molecule has 0 aromatic carbocycles. The molecule has 0 aliphatic carbocycles. The van der Waals surface area contributed by atoms with Crippen LogP contribution in [0, 0.1) is 10.4 Å². The van der Waals surface area contributed by atoms with Gasteiger partial charge >= 0.3 is 0 Å². The zero-order valence-corrected chi connectivity index (χ0v) is 4.40. The van der Waals surface area contributed by atoms with Gasteiger partial charge in [-0.1, -0.05) is 0 Å². The van der Waals surface area contributed by atoms with Gasteiger partial charge in [0.05, 0.1) is 24.2 Å². The van der Waals surface area contributed by atoms with Gasteiger partial charge in [-0.3, -0.25) is 4.32 Å². The average Bonchev–Trinajstić information content (AvgIpc) is 1.84. The molecule has 0 aromatic heterocycles. The fraction of sp³-hybridized carbons (Fsp3) is 1.00. The standard InChI is InChI=1S/C2H5N2O2S/c5-4(6)3-1-2-7-4/h3H,1-2H2/q-1. The van der Waals surface area contributed by atoms with Crippen molar-refractivity contribution in [2.24, 2.45) is 0 Å². The Morgan fingerprint density at radius 1 is 1.57 bits per heavy atom. The Kier molecular flexibility index (Phi) is 1.22. The van der Waals surface area contributed by atoms with Crippen LogP contribution < -0.4 is 5.43 Å². The lowest BCUT2D eigenvalue weighted by Gasteiger charge is -2.37. The minimum absolute atomic E-state index is 0.525. The summed E-state index contributed by atoms with van der Waals surface area (Å²) in [7, 11) is 0. The van der Waals surface area contributed by atoms with E-state index in [1.54, 1.807) is 0 Å². The first-order valence-electron chi connectivity index (χ1n) is 1.91. The molecular formula is C2H5N2O2S-. The van der Waals surface area contributed by atoms with E-state index in [2.05, 4.69) is 5.43 Å². The zero-order chi connectivity index (χ0) is 5.33. The van der Waals surface area contributed by atoms with Crippen molar-refractivity contribution in [1.82, 2.24) is 5.43 Å². The molecule has 0 saturated carbocycles. The Hall–Kier alpha value is 0.190. The van der Waals surface area contributed by atoms with E-state index in [-0.39, 0.29) is 0 Å². The molecule has 1 aliphatic heterocycles. The molecule has 1 fully saturated rings. The summed E-state index contributed by atoms with van der Waals surface area (Å²) in [5.41, 5.74) is 2.19. The van der Waals surface area contributed by atoms with E-state index in [9.17, 15) is 10.4 Å². The number of nitrogens with one attached hydrogen (secondary N) is 1. The van der Waals surface area contributed by atoms with Gasteiger partial charge in [-0.2, -0.15) is 5.43 Å². The van der Waals surface area contributed by atoms with E-state index in [1.807, 2.05) is 0 Å². The minimum atomic E-state index is -1.58. The van der Waals surface area contributed by atoms with E-state index in [4.69, 9.17) is 0 Å². The van der Waals surface area contributed by atoms with E-state index >= 15 is 0 Å². The largest absolute Gasteiger partial charge is 0.599 e. The molecule has 0 radical (unpaired) electrons. The molecule has 0 unspecified atom stereocenters. The van der Waals surface area contributed by atoms with Crippen LogP contribution in [0.2, 0.25) is 0 Å². The lowest BCUT2D eigenvalue weighted by atomic mass is 10.8. The monoisotopic (exact) mass is 121 g/mol. The maximum absolute atomic E-state index is 10.1. The number of quaternary nitrogens is 1. The maximum Gasteiger partial charge on any atom is 0.0982 e. The molecule has 0 amide bonds. The molecule has 0 bridgehead atoms. The summed E-state index contributed by atoms with van der Waals surface area (Å²) in [5, 5.41) is 20.3. The molecule has 0 spiro atoms. The highest BCUT2D eigenvalue weighted by molar-refractivity contribution is 7.94. The van der Waals surface area contributed by atoms with Gasteiger partial charge < -0.3 is 10.4 Å². The fourth-order valence-corrected chi connectivity index (χ4v) is 1.000. The van der Waals surface area contributed by atoms with Gasteiger partial charge in [-0.05, 0) is 0 Å². The lowest BCUT2D eigenvalue weighted by Crippen LogP contribution is -2.36. The van der Waals surface area contributed by atoms with Gasteiger partial charge in [0.1, 0.15) is 0 Å². The van der Waals surface area contributed by atoms with Crippen LogP contribution in [0.25, 0.3) is 0 Å². The van der Waals surface area contributed by atoms with E-state index < -0.39 is 4.32 Å². The predicted molar refractivity (Wildman–Crippen MR) is 27.5 cm³/mol. The molecule has 1 N–H and O–H groups in total. The Morgan fingerprint density at radius 3 is 2.43 bits per heavy atom. The summed E-state index contributed by atoms with van der Waals surface area (Å²) >= 11 is 0.815. The molecular weight excluding hydrogens is 116 g/mol. The summed E-state index contributed by atoms with van der Waals surface area (Å²) in [6, 6.07) is 0. The minimum Gasteiger partial charge on any atom is -0.599 e. The molecule has 4 nitrogen and oxygen atoms in total. The van der Waals surface area contributed by atoms with Crippen molar-refractivity contribution in [3.8, 4) is 0 Å². The summed E-state index contributed by atoms with van der Waals surface area (Å²) in [4.78, 5) is 0. The first-order valence-corrected chi connectivity index (χ1v) is 2.86. The molecule has 0 aromatic rings. The van der Waals surface area contributed by atoms with Crippen LogP contribution in [0.5, 0.6) is 0 Å². The van der Waals surface area contributed by atoms with E-state index in [1.165, 1.54) is 0 Å². The second kappa shape index (κ2) is 1.61. The van der Waals surface area contributed by atoms with E-state index in [0.717, 1.165) is 11.9 Å². The third-order valence-electron chi connectivity index (χ3n) is 0.669. The Labute approximate surface area is 45.3 Å². The second-order valence-corrected chi connectivity index (χ2v) is 2.39. The maximum atomic E-state index is 10.1. The summed E-state index contributed by atoms with van der Waals surface area (Å²) < 4.78 is -1.58. The Balaban J connectivity index is 2.40. The van der Waals surface area contributed by atoms with Crippen molar-refractivity contribution < 1.29 is 4.32 Å². The fourth-order valence-electron chi connectivity index (χ4n) is 0.394. The third kappa shape index (κ3) is 1.29. The van der Waals surface area contributed by atoms with Crippen LogP contribution in [0.4, 0.5) is 0 Å². The normalized spacial score (nSPS) is 28.3. The molecule has 1 aliphatic rings. The molecule has 1 rings (SSSR count). The molecule has 7 heavy (non-hydrogen) atoms. The smallest absolute Gasteiger partial charge is 0.0982 e. The van der Waals surface area contributed by atoms with Gasteiger partial charge in [0, 0.05) is 0 Å². The van der Waals surface area contributed by atoms with Crippen LogP contribution in [0.3, 0.4) is 0 Å². The molecule has 5 heteroatoms. The third-order valence-corrected chi connectivity index (χ3v) is 1.52. The summed E-state index contributed by atoms with van der Waals surface area (Å²) in [6.45, 7) is 0.525. The van der Waals surface area contributed by atoms with Crippen molar-refractivity contribution in [2.75, 3.05) is 12.3 Å². The Bertz CT molecular complexity index is 68.1. The Morgan fingerprint density at radius 2 is 2.29 bits per heavy atom. The first kappa shape index (κ1) is 5.33. The van der Waals surface area contributed by atoms with Crippen LogP contribution in [0.1, 0.15) is 0 Å². The van der Waals surface area contributed by atoms with Crippen molar-refractivity contribution in [1.29, 1.82) is 0 Å². The highest BCUT2D eigenvalue weighted by atomic mass is 32.2. The van der Waals surface area contributed by atoms with Crippen LogP contribution in [-0.2, 0) is 0 Å². The molecule has 1 heterocycles. The lowest BCUT2D eigenvalue weighted by molar-refractivity contribution is -0.730. The average molecular weight is 121 g/mol. The van der Waals surface area contributed by atoms with Crippen LogP contribution in [0.15, 0.2) is 0 Å². The number of hydrogen-bond acceptors (Lipinski definition) is 4. The molecule has 42 valence electrons. The van der Waals surface area contributed by atoms with Crippen molar-refractivity contribution in [3.05, 3.63) is 10.4 Å².